The molecule has 112 valence electrons. The zero-order valence-corrected chi connectivity index (χ0v) is 13.2. The number of piperazine rings is 1. The van der Waals surface area contributed by atoms with Crippen LogP contribution in [-0.4, -0.2) is 50.3 Å². The summed E-state index contributed by atoms with van der Waals surface area (Å²) in [5, 5.41) is 0. The highest BCUT2D eigenvalue weighted by Gasteiger charge is 2.33. The molecule has 0 spiro atoms. The fraction of sp³-hybridized carbons (Fsp3) is 0.571. The van der Waals surface area contributed by atoms with Crippen LogP contribution in [0.4, 0.5) is 0 Å². The summed E-state index contributed by atoms with van der Waals surface area (Å²) in [4.78, 5) is 2.55. The lowest BCUT2D eigenvalue weighted by molar-refractivity contribution is 0.170. The number of sulfonamides is 1. The molecular weight excluding hydrogens is 274 g/mol. The summed E-state index contributed by atoms with van der Waals surface area (Å²) in [7, 11) is -1.41. The second-order valence-corrected chi connectivity index (χ2v) is 7.39. The molecule has 0 radical (unpaired) electrons. The normalized spacial score (nSPS) is 22.1. The van der Waals surface area contributed by atoms with E-state index in [1.807, 2.05) is 27.0 Å². The maximum absolute atomic E-state index is 12.8. The summed E-state index contributed by atoms with van der Waals surface area (Å²) in [6.07, 6.45) is 0. The molecule has 5 nitrogen and oxygen atoms in total. The first-order valence-electron chi connectivity index (χ1n) is 6.86. The second kappa shape index (κ2) is 5.81. The lowest BCUT2D eigenvalue weighted by Gasteiger charge is -2.37. The summed E-state index contributed by atoms with van der Waals surface area (Å²) in [5.74, 6) is 0. The third-order valence-electron chi connectivity index (χ3n) is 3.83. The van der Waals surface area contributed by atoms with Crippen molar-refractivity contribution in [2.24, 2.45) is 5.73 Å². The Kier molecular flexibility index (Phi) is 4.49. The molecule has 1 heterocycles. The third-order valence-corrected chi connectivity index (χ3v) is 6.01. The van der Waals surface area contributed by atoms with Crippen LogP contribution in [0.1, 0.15) is 18.1 Å². The van der Waals surface area contributed by atoms with Gasteiger partial charge in [-0.2, -0.15) is 4.31 Å². The zero-order chi connectivity index (χ0) is 14.9. The van der Waals surface area contributed by atoms with Gasteiger partial charge in [-0.05, 0) is 38.1 Å². The van der Waals surface area contributed by atoms with Crippen LogP contribution in [0.3, 0.4) is 0 Å². The molecule has 0 aromatic heterocycles. The summed E-state index contributed by atoms with van der Waals surface area (Å²) in [6, 6.07) is 5.32. The van der Waals surface area contributed by atoms with Gasteiger partial charge >= 0.3 is 0 Å². The Balaban J connectivity index is 2.35. The molecule has 1 saturated heterocycles. The minimum atomic E-state index is -3.42. The molecule has 1 atom stereocenters. The minimum Gasteiger partial charge on any atom is -0.326 e. The van der Waals surface area contributed by atoms with E-state index in [4.69, 9.17) is 5.73 Å². The van der Waals surface area contributed by atoms with Gasteiger partial charge in [0.2, 0.25) is 10.0 Å². The Hall–Kier alpha value is -0.950. The summed E-state index contributed by atoms with van der Waals surface area (Å²) >= 11 is 0. The van der Waals surface area contributed by atoms with E-state index < -0.39 is 10.0 Å². The summed E-state index contributed by atoms with van der Waals surface area (Å²) in [6.45, 7) is 6.27. The van der Waals surface area contributed by atoms with Crippen molar-refractivity contribution in [3.8, 4) is 0 Å². The van der Waals surface area contributed by atoms with Gasteiger partial charge in [0.1, 0.15) is 0 Å². The van der Waals surface area contributed by atoms with Crippen molar-refractivity contribution < 1.29 is 8.42 Å². The lowest BCUT2D eigenvalue weighted by Crippen LogP contribution is -2.52. The van der Waals surface area contributed by atoms with Crippen molar-refractivity contribution >= 4 is 10.0 Å². The predicted octanol–water partition coefficient (Wildman–Crippen LogP) is 0.778. The van der Waals surface area contributed by atoms with Gasteiger partial charge in [-0.25, -0.2) is 8.42 Å². The van der Waals surface area contributed by atoms with Gasteiger partial charge < -0.3 is 10.6 Å². The van der Waals surface area contributed by atoms with Crippen LogP contribution in [0.15, 0.2) is 23.1 Å². The van der Waals surface area contributed by atoms with E-state index in [0.29, 0.717) is 18.0 Å². The molecule has 1 fully saturated rings. The van der Waals surface area contributed by atoms with Crippen molar-refractivity contribution in [1.29, 1.82) is 0 Å². The fourth-order valence-corrected chi connectivity index (χ4v) is 4.56. The highest BCUT2D eigenvalue weighted by Crippen LogP contribution is 2.24. The van der Waals surface area contributed by atoms with Gasteiger partial charge in [0.05, 0.1) is 4.90 Å². The van der Waals surface area contributed by atoms with Crippen molar-refractivity contribution in [3.63, 3.8) is 0 Å². The lowest BCUT2D eigenvalue weighted by atomic mass is 10.1. The van der Waals surface area contributed by atoms with Crippen LogP contribution in [0.5, 0.6) is 0 Å². The molecule has 2 rings (SSSR count). The number of rotatable bonds is 3. The summed E-state index contributed by atoms with van der Waals surface area (Å²) in [5.41, 5.74) is 7.31. The number of benzene rings is 1. The van der Waals surface area contributed by atoms with Crippen LogP contribution in [-0.2, 0) is 16.6 Å². The molecule has 1 aromatic carbocycles. The second-order valence-electron chi connectivity index (χ2n) is 5.53. The highest BCUT2D eigenvalue weighted by atomic mass is 32.2. The monoisotopic (exact) mass is 297 g/mol. The Labute approximate surface area is 121 Å². The fourth-order valence-electron chi connectivity index (χ4n) is 2.73. The predicted molar refractivity (Wildman–Crippen MR) is 79.9 cm³/mol. The van der Waals surface area contributed by atoms with Gasteiger partial charge in [0.25, 0.3) is 0 Å². The van der Waals surface area contributed by atoms with Crippen LogP contribution in [0.2, 0.25) is 0 Å². The molecule has 0 amide bonds. The summed E-state index contributed by atoms with van der Waals surface area (Å²) < 4.78 is 27.2. The van der Waals surface area contributed by atoms with Gasteiger partial charge in [-0.1, -0.05) is 12.1 Å². The molecule has 1 aliphatic heterocycles. The molecule has 0 saturated carbocycles. The Morgan fingerprint density at radius 1 is 1.35 bits per heavy atom. The zero-order valence-electron chi connectivity index (χ0n) is 12.3. The van der Waals surface area contributed by atoms with Crippen LogP contribution in [0.25, 0.3) is 0 Å². The molecular formula is C14H23N3O2S. The van der Waals surface area contributed by atoms with Crippen molar-refractivity contribution in [2.45, 2.75) is 31.3 Å². The Bertz CT molecular complexity index is 586. The van der Waals surface area contributed by atoms with Gasteiger partial charge in [0, 0.05) is 32.2 Å². The maximum atomic E-state index is 12.8. The van der Waals surface area contributed by atoms with Crippen molar-refractivity contribution in [1.82, 2.24) is 9.21 Å². The highest BCUT2D eigenvalue weighted by molar-refractivity contribution is 7.89. The van der Waals surface area contributed by atoms with E-state index in [0.717, 1.165) is 24.2 Å². The molecule has 0 aliphatic carbocycles. The number of hydrogen-bond acceptors (Lipinski definition) is 4. The van der Waals surface area contributed by atoms with E-state index in [1.165, 1.54) is 0 Å². The van der Waals surface area contributed by atoms with E-state index in [2.05, 4.69) is 4.90 Å². The van der Waals surface area contributed by atoms with Gasteiger partial charge in [0.15, 0.2) is 0 Å². The van der Waals surface area contributed by atoms with E-state index >= 15 is 0 Å². The Morgan fingerprint density at radius 2 is 2.05 bits per heavy atom. The first-order valence-corrected chi connectivity index (χ1v) is 8.30. The van der Waals surface area contributed by atoms with Crippen LogP contribution in [0, 0.1) is 6.92 Å². The first-order chi connectivity index (χ1) is 9.36. The average Bonchev–Trinajstić information content (AvgIpc) is 2.37. The van der Waals surface area contributed by atoms with Crippen molar-refractivity contribution in [3.05, 3.63) is 29.3 Å². The molecule has 1 aliphatic rings. The first kappa shape index (κ1) is 15.4. The number of hydrogen-bond donors (Lipinski definition) is 1. The molecule has 2 N–H and O–H groups in total. The topological polar surface area (TPSA) is 66.6 Å². The average molecular weight is 297 g/mol. The van der Waals surface area contributed by atoms with E-state index in [-0.39, 0.29) is 6.04 Å². The van der Waals surface area contributed by atoms with Gasteiger partial charge in [-0.15, -0.1) is 0 Å². The molecule has 20 heavy (non-hydrogen) atoms. The van der Waals surface area contributed by atoms with Crippen LogP contribution >= 0.6 is 0 Å². The van der Waals surface area contributed by atoms with Gasteiger partial charge in [-0.3, -0.25) is 0 Å². The van der Waals surface area contributed by atoms with E-state index in [1.54, 1.807) is 16.4 Å². The van der Waals surface area contributed by atoms with Crippen LogP contribution < -0.4 is 5.73 Å². The Morgan fingerprint density at radius 3 is 2.60 bits per heavy atom. The molecule has 6 heteroatoms. The number of aryl methyl sites for hydroxylation is 1. The molecule has 1 aromatic rings. The minimum absolute atomic E-state index is 0.00710. The molecule has 0 bridgehead atoms. The quantitative estimate of drug-likeness (QED) is 0.895. The third kappa shape index (κ3) is 2.88. The molecule has 1 unspecified atom stereocenters. The van der Waals surface area contributed by atoms with Crippen molar-refractivity contribution in [2.75, 3.05) is 26.7 Å². The number of nitrogens with two attached hydrogens (primary N) is 1. The number of likely N-dealkylation sites (N-methyl/N-ethyl adjacent to an activating group) is 1. The smallest absolute Gasteiger partial charge is 0.243 e. The SMILES string of the molecule is Cc1cc(CN)ccc1S(=O)(=O)N1CCN(C)CC1C. The largest absolute Gasteiger partial charge is 0.326 e. The number of nitrogens with zero attached hydrogens (tertiary/aromatic N) is 2. The maximum Gasteiger partial charge on any atom is 0.243 e. The standard InChI is InChI=1S/C14H23N3O2S/c1-11-8-13(9-15)4-5-14(11)20(18,19)17-7-6-16(3)10-12(17)2/h4-5,8,12H,6-7,9-10,15H2,1-3H3. The van der Waals surface area contributed by atoms with E-state index in [9.17, 15) is 8.42 Å².